The second kappa shape index (κ2) is 5.59. The van der Waals surface area contributed by atoms with Crippen LogP contribution in [0.15, 0.2) is 43.0 Å². The van der Waals surface area contributed by atoms with Gasteiger partial charge >= 0.3 is 0 Å². The molecular formula is C13H16FN3. The van der Waals surface area contributed by atoms with Crippen molar-refractivity contribution in [1.29, 1.82) is 0 Å². The predicted octanol–water partition coefficient (Wildman–Crippen LogP) is 2.37. The Kier molecular flexibility index (Phi) is 3.88. The maximum atomic E-state index is 12.8. The van der Waals surface area contributed by atoms with Gasteiger partial charge in [-0.05, 0) is 24.6 Å². The lowest BCUT2D eigenvalue weighted by atomic mass is 10.1. The monoisotopic (exact) mass is 233 g/mol. The van der Waals surface area contributed by atoms with Crippen molar-refractivity contribution >= 4 is 0 Å². The molecule has 1 aromatic carbocycles. The SMILES string of the molecule is CC(NCCn1ccnc1)c1ccc(F)cc1. The van der Waals surface area contributed by atoms with Gasteiger partial charge in [-0.2, -0.15) is 0 Å². The zero-order valence-corrected chi connectivity index (χ0v) is 9.81. The lowest BCUT2D eigenvalue weighted by molar-refractivity contribution is 0.530. The highest BCUT2D eigenvalue weighted by Gasteiger charge is 2.03. The second-order valence-electron chi connectivity index (χ2n) is 4.03. The smallest absolute Gasteiger partial charge is 0.123 e. The van der Waals surface area contributed by atoms with Crippen molar-refractivity contribution in [1.82, 2.24) is 14.9 Å². The highest BCUT2D eigenvalue weighted by molar-refractivity contribution is 5.19. The molecule has 0 aliphatic rings. The molecule has 0 amide bonds. The summed E-state index contributed by atoms with van der Waals surface area (Å²) in [7, 11) is 0. The largest absolute Gasteiger partial charge is 0.336 e. The first-order chi connectivity index (χ1) is 8.25. The summed E-state index contributed by atoms with van der Waals surface area (Å²) in [6, 6.07) is 6.82. The average molecular weight is 233 g/mol. The van der Waals surface area contributed by atoms with E-state index in [9.17, 15) is 4.39 Å². The third-order valence-electron chi connectivity index (χ3n) is 2.75. The molecular weight excluding hydrogens is 217 g/mol. The zero-order chi connectivity index (χ0) is 12.1. The maximum absolute atomic E-state index is 12.8. The number of hydrogen-bond acceptors (Lipinski definition) is 2. The van der Waals surface area contributed by atoms with Gasteiger partial charge in [0.05, 0.1) is 6.33 Å². The fourth-order valence-electron chi connectivity index (χ4n) is 1.70. The van der Waals surface area contributed by atoms with Crippen LogP contribution in [0.2, 0.25) is 0 Å². The molecule has 4 heteroatoms. The third kappa shape index (κ3) is 3.39. The fourth-order valence-corrected chi connectivity index (χ4v) is 1.70. The number of halogens is 1. The van der Waals surface area contributed by atoms with E-state index in [1.165, 1.54) is 12.1 Å². The van der Waals surface area contributed by atoms with Crippen LogP contribution in [0.5, 0.6) is 0 Å². The van der Waals surface area contributed by atoms with Crippen LogP contribution in [0.4, 0.5) is 4.39 Å². The summed E-state index contributed by atoms with van der Waals surface area (Å²) in [4.78, 5) is 3.98. The van der Waals surface area contributed by atoms with Crippen LogP contribution in [-0.2, 0) is 6.54 Å². The van der Waals surface area contributed by atoms with Crippen LogP contribution in [-0.4, -0.2) is 16.1 Å². The van der Waals surface area contributed by atoms with E-state index >= 15 is 0 Å². The summed E-state index contributed by atoms with van der Waals surface area (Å²) in [6.45, 7) is 3.81. The van der Waals surface area contributed by atoms with Crippen LogP contribution >= 0.6 is 0 Å². The summed E-state index contributed by atoms with van der Waals surface area (Å²) < 4.78 is 14.8. The quantitative estimate of drug-likeness (QED) is 0.859. The Morgan fingerprint density at radius 2 is 2.12 bits per heavy atom. The van der Waals surface area contributed by atoms with E-state index in [0.29, 0.717) is 0 Å². The van der Waals surface area contributed by atoms with Gasteiger partial charge in [0.1, 0.15) is 5.82 Å². The highest BCUT2D eigenvalue weighted by Crippen LogP contribution is 2.12. The molecule has 0 fully saturated rings. The molecule has 0 saturated carbocycles. The van der Waals surface area contributed by atoms with E-state index < -0.39 is 0 Å². The minimum atomic E-state index is -0.195. The van der Waals surface area contributed by atoms with Gasteiger partial charge in [-0.3, -0.25) is 0 Å². The van der Waals surface area contributed by atoms with E-state index in [2.05, 4.69) is 17.2 Å². The molecule has 0 aliphatic carbocycles. The maximum Gasteiger partial charge on any atom is 0.123 e. The molecule has 0 bridgehead atoms. The summed E-state index contributed by atoms with van der Waals surface area (Å²) in [6.07, 6.45) is 5.50. The third-order valence-corrected chi connectivity index (χ3v) is 2.75. The van der Waals surface area contributed by atoms with Gasteiger partial charge in [-0.1, -0.05) is 12.1 Å². The predicted molar refractivity (Wildman–Crippen MR) is 65.0 cm³/mol. The minimum Gasteiger partial charge on any atom is -0.336 e. The van der Waals surface area contributed by atoms with Crippen LogP contribution in [0.1, 0.15) is 18.5 Å². The Morgan fingerprint density at radius 1 is 1.35 bits per heavy atom. The molecule has 1 aromatic heterocycles. The molecule has 0 aliphatic heterocycles. The Bertz CT molecular complexity index is 436. The van der Waals surface area contributed by atoms with E-state index in [0.717, 1.165) is 18.7 Å². The van der Waals surface area contributed by atoms with Gasteiger partial charge in [0.2, 0.25) is 0 Å². The Hall–Kier alpha value is -1.68. The number of nitrogens with zero attached hydrogens (tertiary/aromatic N) is 2. The van der Waals surface area contributed by atoms with E-state index in [1.807, 2.05) is 22.9 Å². The molecule has 0 spiro atoms. The van der Waals surface area contributed by atoms with Gasteiger partial charge in [-0.15, -0.1) is 0 Å². The summed E-state index contributed by atoms with van der Waals surface area (Å²) in [5.41, 5.74) is 1.09. The molecule has 1 atom stereocenters. The van der Waals surface area contributed by atoms with E-state index in [4.69, 9.17) is 0 Å². The van der Waals surface area contributed by atoms with Crippen molar-refractivity contribution in [2.45, 2.75) is 19.5 Å². The molecule has 0 radical (unpaired) electrons. The van der Waals surface area contributed by atoms with Gasteiger partial charge in [0, 0.05) is 31.5 Å². The Labute approximate surface area is 100 Å². The summed E-state index contributed by atoms with van der Waals surface area (Å²) >= 11 is 0. The Balaban J connectivity index is 1.81. The van der Waals surface area contributed by atoms with Crippen molar-refractivity contribution in [2.24, 2.45) is 0 Å². The summed E-state index contributed by atoms with van der Waals surface area (Å²) in [5.74, 6) is -0.195. The molecule has 90 valence electrons. The van der Waals surface area contributed by atoms with Crippen LogP contribution in [0.3, 0.4) is 0 Å². The number of hydrogen-bond donors (Lipinski definition) is 1. The second-order valence-corrected chi connectivity index (χ2v) is 4.03. The number of imidazole rings is 1. The first-order valence-electron chi connectivity index (χ1n) is 5.70. The van der Waals surface area contributed by atoms with Gasteiger partial charge in [0.15, 0.2) is 0 Å². The lowest BCUT2D eigenvalue weighted by Crippen LogP contribution is -2.23. The lowest BCUT2D eigenvalue weighted by Gasteiger charge is -2.14. The topological polar surface area (TPSA) is 29.9 Å². The van der Waals surface area contributed by atoms with Gasteiger partial charge < -0.3 is 9.88 Å². The van der Waals surface area contributed by atoms with Crippen LogP contribution in [0, 0.1) is 5.82 Å². The number of nitrogens with one attached hydrogen (secondary N) is 1. The van der Waals surface area contributed by atoms with Crippen molar-refractivity contribution in [3.05, 3.63) is 54.4 Å². The number of benzene rings is 1. The number of aromatic nitrogens is 2. The van der Waals surface area contributed by atoms with Crippen molar-refractivity contribution in [3.8, 4) is 0 Å². The molecule has 0 saturated heterocycles. The Morgan fingerprint density at radius 3 is 2.76 bits per heavy atom. The van der Waals surface area contributed by atoms with Gasteiger partial charge in [0.25, 0.3) is 0 Å². The zero-order valence-electron chi connectivity index (χ0n) is 9.81. The van der Waals surface area contributed by atoms with Crippen molar-refractivity contribution in [3.63, 3.8) is 0 Å². The minimum absolute atomic E-state index is 0.195. The van der Waals surface area contributed by atoms with E-state index in [-0.39, 0.29) is 11.9 Å². The molecule has 3 nitrogen and oxygen atoms in total. The van der Waals surface area contributed by atoms with Crippen LogP contribution < -0.4 is 5.32 Å². The first kappa shape index (κ1) is 11.8. The summed E-state index contributed by atoms with van der Waals surface area (Å²) in [5, 5.41) is 3.39. The fraction of sp³-hybridized carbons (Fsp3) is 0.308. The van der Waals surface area contributed by atoms with Crippen molar-refractivity contribution in [2.75, 3.05) is 6.54 Å². The first-order valence-corrected chi connectivity index (χ1v) is 5.70. The molecule has 2 rings (SSSR count). The molecule has 1 unspecified atom stereocenters. The average Bonchev–Trinajstić information content (AvgIpc) is 2.83. The molecule has 1 heterocycles. The molecule has 1 N–H and O–H groups in total. The molecule has 2 aromatic rings. The van der Waals surface area contributed by atoms with Gasteiger partial charge in [-0.25, -0.2) is 9.37 Å². The van der Waals surface area contributed by atoms with E-state index in [1.54, 1.807) is 12.5 Å². The van der Waals surface area contributed by atoms with Crippen LogP contribution in [0.25, 0.3) is 0 Å². The normalized spacial score (nSPS) is 12.6. The standard InChI is InChI=1S/C13H16FN3/c1-11(12-2-4-13(14)5-3-12)16-7-9-17-8-6-15-10-17/h2-6,8,10-11,16H,7,9H2,1H3. The van der Waals surface area contributed by atoms with Crippen molar-refractivity contribution < 1.29 is 4.39 Å². The number of rotatable bonds is 5. The highest BCUT2D eigenvalue weighted by atomic mass is 19.1. The molecule has 17 heavy (non-hydrogen) atoms.